The van der Waals surface area contributed by atoms with E-state index in [4.69, 9.17) is 4.74 Å². The van der Waals surface area contributed by atoms with Gasteiger partial charge in [-0.2, -0.15) is 0 Å². The molecule has 1 amide bonds. The van der Waals surface area contributed by atoms with Gasteiger partial charge in [-0.05, 0) is 45.2 Å². The summed E-state index contributed by atoms with van der Waals surface area (Å²) >= 11 is 0. The minimum absolute atomic E-state index is 0.0475. The largest absolute Gasteiger partial charge is 0.495 e. The summed E-state index contributed by atoms with van der Waals surface area (Å²) in [6.07, 6.45) is 1.10. The lowest BCUT2D eigenvalue weighted by Gasteiger charge is -2.22. The lowest BCUT2D eigenvalue weighted by atomic mass is 10.1. The second-order valence-electron chi connectivity index (χ2n) is 7.88. The number of amides is 1. The van der Waals surface area contributed by atoms with Crippen LogP contribution >= 0.6 is 0 Å². The molecule has 7 heteroatoms. The number of ether oxygens (including phenoxy) is 1. The molecule has 2 rings (SSSR count). The van der Waals surface area contributed by atoms with E-state index in [1.54, 1.807) is 14.2 Å². The summed E-state index contributed by atoms with van der Waals surface area (Å²) < 4.78 is 5.47. The predicted molar refractivity (Wildman–Crippen MR) is 111 cm³/mol. The normalized spacial score (nSPS) is 17.6. The summed E-state index contributed by atoms with van der Waals surface area (Å²) in [5.41, 5.74) is 0.908. The van der Waals surface area contributed by atoms with Gasteiger partial charge in [0.2, 0.25) is 5.91 Å². The number of nitrogens with one attached hydrogen (secondary N) is 3. The molecule has 0 aromatic heterocycles. The highest BCUT2D eigenvalue weighted by molar-refractivity contribution is 5.86. The molecule has 0 bridgehead atoms. The molecular formula is C20H33N5O2. The van der Waals surface area contributed by atoms with Crippen LogP contribution in [0.1, 0.15) is 27.2 Å². The van der Waals surface area contributed by atoms with Crippen LogP contribution in [0.4, 0.5) is 5.69 Å². The molecule has 1 saturated heterocycles. The molecular weight excluding hydrogens is 342 g/mol. The third-order valence-electron chi connectivity index (χ3n) is 4.42. The van der Waals surface area contributed by atoms with Crippen LogP contribution in [0.2, 0.25) is 0 Å². The quantitative estimate of drug-likeness (QED) is 0.520. The highest BCUT2D eigenvalue weighted by Crippen LogP contribution is 2.31. The topological polar surface area (TPSA) is 78.0 Å². The maximum absolute atomic E-state index is 11.9. The Morgan fingerprint density at radius 3 is 2.70 bits per heavy atom. The molecule has 150 valence electrons. The Labute approximate surface area is 162 Å². The van der Waals surface area contributed by atoms with Crippen LogP contribution in [0.15, 0.2) is 29.3 Å². The Morgan fingerprint density at radius 2 is 2.04 bits per heavy atom. The third kappa shape index (κ3) is 6.66. The molecule has 0 saturated carbocycles. The van der Waals surface area contributed by atoms with Crippen LogP contribution < -0.4 is 25.6 Å². The van der Waals surface area contributed by atoms with Crippen molar-refractivity contribution < 1.29 is 9.53 Å². The van der Waals surface area contributed by atoms with Gasteiger partial charge in [-0.1, -0.05) is 12.1 Å². The maximum atomic E-state index is 11.9. The first-order valence-electron chi connectivity index (χ1n) is 9.46. The standard InChI is InChI=1S/C20H33N5O2/c1-20(2,3)24-18(26)13-23-19(21-4)22-12-15-10-11-25(14-15)16-8-6-7-9-17(16)27-5/h6-9,15H,10-14H2,1-5H3,(H,24,26)(H2,21,22,23). The van der Waals surface area contributed by atoms with Crippen molar-refractivity contribution in [1.82, 2.24) is 16.0 Å². The fourth-order valence-corrected chi connectivity index (χ4v) is 3.20. The van der Waals surface area contributed by atoms with Gasteiger partial charge in [-0.25, -0.2) is 0 Å². The monoisotopic (exact) mass is 375 g/mol. The molecule has 1 fully saturated rings. The number of anilines is 1. The number of nitrogens with zero attached hydrogens (tertiary/aromatic N) is 2. The van der Waals surface area contributed by atoms with Gasteiger partial charge in [-0.15, -0.1) is 0 Å². The predicted octanol–water partition coefficient (Wildman–Crippen LogP) is 1.60. The van der Waals surface area contributed by atoms with Crippen LogP contribution in [0, 0.1) is 5.92 Å². The van der Waals surface area contributed by atoms with Crippen molar-refractivity contribution >= 4 is 17.6 Å². The van der Waals surface area contributed by atoms with Crippen molar-refractivity contribution in [2.45, 2.75) is 32.7 Å². The van der Waals surface area contributed by atoms with Crippen molar-refractivity contribution in [3.63, 3.8) is 0 Å². The van der Waals surface area contributed by atoms with Gasteiger partial charge in [0.1, 0.15) is 5.75 Å². The number of benzene rings is 1. The molecule has 1 aromatic carbocycles. The maximum Gasteiger partial charge on any atom is 0.239 e. The Morgan fingerprint density at radius 1 is 1.30 bits per heavy atom. The summed E-state index contributed by atoms with van der Waals surface area (Å²) in [4.78, 5) is 18.5. The van der Waals surface area contributed by atoms with Crippen molar-refractivity contribution in [3.05, 3.63) is 24.3 Å². The van der Waals surface area contributed by atoms with E-state index in [1.165, 1.54) is 0 Å². The molecule has 0 radical (unpaired) electrons. The molecule has 3 N–H and O–H groups in total. The van der Waals surface area contributed by atoms with E-state index in [9.17, 15) is 4.79 Å². The van der Waals surface area contributed by atoms with Crippen LogP contribution in [-0.2, 0) is 4.79 Å². The van der Waals surface area contributed by atoms with Crippen LogP contribution in [0.25, 0.3) is 0 Å². The highest BCUT2D eigenvalue weighted by atomic mass is 16.5. The summed E-state index contributed by atoms with van der Waals surface area (Å²) in [7, 11) is 3.42. The first-order chi connectivity index (χ1) is 12.8. The molecule has 1 atom stereocenters. The second-order valence-corrected chi connectivity index (χ2v) is 7.88. The fourth-order valence-electron chi connectivity index (χ4n) is 3.20. The van der Waals surface area contributed by atoms with Gasteiger partial charge >= 0.3 is 0 Å². The van der Waals surface area contributed by atoms with Gasteiger partial charge in [-0.3, -0.25) is 9.79 Å². The van der Waals surface area contributed by atoms with Crippen molar-refractivity contribution in [1.29, 1.82) is 0 Å². The minimum Gasteiger partial charge on any atom is -0.495 e. The van der Waals surface area contributed by atoms with E-state index in [0.29, 0.717) is 11.9 Å². The zero-order valence-corrected chi connectivity index (χ0v) is 17.1. The van der Waals surface area contributed by atoms with Gasteiger partial charge in [0.05, 0.1) is 19.3 Å². The molecule has 1 heterocycles. The van der Waals surface area contributed by atoms with E-state index in [0.717, 1.165) is 37.5 Å². The van der Waals surface area contributed by atoms with Crippen molar-refractivity contribution in [2.75, 3.05) is 45.2 Å². The van der Waals surface area contributed by atoms with E-state index in [1.807, 2.05) is 39.0 Å². The Bertz CT molecular complexity index is 654. The van der Waals surface area contributed by atoms with Gasteiger partial charge in [0.15, 0.2) is 5.96 Å². The second kappa shape index (κ2) is 9.48. The third-order valence-corrected chi connectivity index (χ3v) is 4.42. The van der Waals surface area contributed by atoms with Gasteiger partial charge in [0, 0.05) is 32.2 Å². The number of para-hydroxylation sites is 2. The number of hydrogen-bond donors (Lipinski definition) is 3. The molecule has 1 unspecified atom stereocenters. The van der Waals surface area contributed by atoms with E-state index >= 15 is 0 Å². The summed E-state index contributed by atoms with van der Waals surface area (Å²) in [5, 5.41) is 9.33. The molecule has 0 spiro atoms. The van der Waals surface area contributed by atoms with Gasteiger partial charge < -0.3 is 25.6 Å². The highest BCUT2D eigenvalue weighted by Gasteiger charge is 2.24. The SMILES string of the molecule is CN=C(NCC(=O)NC(C)(C)C)NCC1CCN(c2ccccc2OC)C1. The van der Waals surface area contributed by atoms with E-state index in [-0.39, 0.29) is 18.0 Å². The smallest absolute Gasteiger partial charge is 0.239 e. The average Bonchev–Trinajstić information content (AvgIpc) is 3.09. The number of carbonyl (C=O) groups excluding carboxylic acids is 1. The first-order valence-corrected chi connectivity index (χ1v) is 9.46. The molecule has 7 nitrogen and oxygen atoms in total. The summed E-state index contributed by atoms with van der Waals surface area (Å²) in [5.74, 6) is 2.02. The van der Waals surface area contributed by atoms with Crippen molar-refractivity contribution in [3.8, 4) is 5.75 Å². The Kier molecular flexibility index (Phi) is 7.33. The first kappa shape index (κ1) is 20.9. The zero-order valence-electron chi connectivity index (χ0n) is 17.1. The van der Waals surface area contributed by atoms with Crippen LogP contribution in [0.5, 0.6) is 5.75 Å². The Hall–Kier alpha value is -2.44. The number of guanidine groups is 1. The number of carbonyl (C=O) groups is 1. The lowest BCUT2D eigenvalue weighted by molar-refractivity contribution is -0.121. The number of rotatable bonds is 6. The van der Waals surface area contributed by atoms with Crippen molar-refractivity contribution in [2.24, 2.45) is 10.9 Å². The lowest BCUT2D eigenvalue weighted by Crippen LogP contribution is -2.48. The van der Waals surface area contributed by atoms with Crippen LogP contribution in [0.3, 0.4) is 0 Å². The minimum atomic E-state index is -0.235. The number of aliphatic imine (C=N–C) groups is 1. The number of methoxy groups -OCH3 is 1. The number of hydrogen-bond acceptors (Lipinski definition) is 4. The van der Waals surface area contributed by atoms with Gasteiger partial charge in [0.25, 0.3) is 0 Å². The molecule has 1 aliphatic rings. The molecule has 1 aliphatic heterocycles. The zero-order chi connectivity index (χ0) is 19.9. The molecule has 27 heavy (non-hydrogen) atoms. The molecule has 0 aliphatic carbocycles. The summed E-state index contributed by atoms with van der Waals surface area (Å²) in [6.45, 7) is 8.88. The molecule has 1 aromatic rings. The summed E-state index contributed by atoms with van der Waals surface area (Å²) in [6, 6.07) is 8.12. The fraction of sp³-hybridized carbons (Fsp3) is 0.600. The Balaban J connectivity index is 1.78. The van der Waals surface area contributed by atoms with E-state index in [2.05, 4.69) is 31.9 Å². The van der Waals surface area contributed by atoms with Crippen LogP contribution in [-0.4, -0.2) is 57.7 Å². The van der Waals surface area contributed by atoms with E-state index < -0.39 is 0 Å². The average molecular weight is 376 g/mol.